The second kappa shape index (κ2) is 7.29. The highest BCUT2D eigenvalue weighted by Crippen LogP contribution is 2.36. The summed E-state index contributed by atoms with van der Waals surface area (Å²) in [5, 5.41) is 9.57. The summed E-state index contributed by atoms with van der Waals surface area (Å²) < 4.78 is 12.1. The molecule has 1 aromatic heterocycles. The highest BCUT2D eigenvalue weighted by Gasteiger charge is 2.49. The summed E-state index contributed by atoms with van der Waals surface area (Å²) >= 11 is 0. The minimum Gasteiger partial charge on any atom is -0.508 e. The maximum Gasteiger partial charge on any atom is 0.254 e. The van der Waals surface area contributed by atoms with Crippen molar-refractivity contribution in [2.24, 2.45) is 0 Å². The number of aryl methyl sites for hydroxylation is 1. The molecule has 1 spiro atoms. The van der Waals surface area contributed by atoms with Gasteiger partial charge in [0.25, 0.3) is 5.91 Å². The van der Waals surface area contributed by atoms with E-state index < -0.39 is 0 Å². The van der Waals surface area contributed by atoms with Gasteiger partial charge in [0.15, 0.2) is 0 Å². The number of benzene rings is 1. The first-order valence-corrected chi connectivity index (χ1v) is 9.28. The van der Waals surface area contributed by atoms with Crippen LogP contribution in [-0.4, -0.2) is 52.3 Å². The van der Waals surface area contributed by atoms with Crippen LogP contribution in [0.4, 0.5) is 0 Å². The van der Waals surface area contributed by atoms with Crippen molar-refractivity contribution >= 4 is 5.91 Å². The summed E-state index contributed by atoms with van der Waals surface area (Å²) in [5.41, 5.74) is 2.48. The van der Waals surface area contributed by atoms with Gasteiger partial charge in [-0.15, -0.1) is 0 Å². The Morgan fingerprint density at radius 3 is 3.04 bits per heavy atom. The Bertz CT molecular complexity index is 832. The number of hydrogen-bond donors (Lipinski definition) is 1. The molecule has 2 aliphatic heterocycles. The van der Waals surface area contributed by atoms with E-state index in [1.807, 2.05) is 12.3 Å². The van der Waals surface area contributed by atoms with Gasteiger partial charge in [-0.1, -0.05) is 6.07 Å². The lowest BCUT2D eigenvalue weighted by atomic mass is 9.84. The Morgan fingerprint density at radius 2 is 2.26 bits per heavy atom. The lowest BCUT2D eigenvalue weighted by Crippen LogP contribution is -2.67. The van der Waals surface area contributed by atoms with Crippen LogP contribution < -0.4 is 0 Å². The number of amides is 1. The van der Waals surface area contributed by atoms with Crippen molar-refractivity contribution in [3.63, 3.8) is 0 Å². The lowest BCUT2D eigenvalue weighted by molar-refractivity contribution is -0.188. The average molecular weight is 368 g/mol. The highest BCUT2D eigenvalue weighted by atomic mass is 16.5. The fourth-order valence-corrected chi connectivity index (χ4v) is 3.82. The van der Waals surface area contributed by atoms with E-state index in [9.17, 15) is 9.90 Å². The topological polar surface area (TPSA) is 71.9 Å². The van der Waals surface area contributed by atoms with Crippen molar-refractivity contribution in [2.45, 2.75) is 38.1 Å². The first-order chi connectivity index (χ1) is 13.0. The van der Waals surface area contributed by atoms with Crippen molar-refractivity contribution in [3.8, 4) is 5.75 Å². The van der Waals surface area contributed by atoms with E-state index >= 15 is 0 Å². The number of carbonyl (C=O) groups excluding carboxylic acids is 1. The molecule has 1 amide bonds. The standard InChI is InChI=1S/C21H24N2O4/c1-15-5-7-22-11-17(15)12-26-19-6-8-27-21(10-19)13-23(14-21)20(25)16-3-2-4-18(24)9-16/h2-5,7,9,11,19,24H,6,8,10,12-14H2,1H3. The molecule has 0 aliphatic carbocycles. The molecule has 0 bridgehead atoms. The van der Waals surface area contributed by atoms with Gasteiger partial charge in [-0.2, -0.15) is 0 Å². The van der Waals surface area contributed by atoms with E-state index in [-0.39, 0.29) is 23.4 Å². The van der Waals surface area contributed by atoms with Crippen LogP contribution in [0, 0.1) is 6.92 Å². The molecule has 4 rings (SSSR count). The monoisotopic (exact) mass is 368 g/mol. The zero-order chi connectivity index (χ0) is 18.9. The molecule has 3 heterocycles. The van der Waals surface area contributed by atoms with Gasteiger partial charge in [0, 0.05) is 31.0 Å². The van der Waals surface area contributed by atoms with E-state index in [0.717, 1.165) is 18.4 Å². The summed E-state index contributed by atoms with van der Waals surface area (Å²) in [6.07, 6.45) is 5.41. The Labute approximate surface area is 158 Å². The summed E-state index contributed by atoms with van der Waals surface area (Å²) in [6, 6.07) is 8.44. The number of phenolic OH excluding ortho intramolecular Hbond substituents is 1. The fraction of sp³-hybridized carbons (Fsp3) is 0.429. The quantitative estimate of drug-likeness (QED) is 0.898. The van der Waals surface area contributed by atoms with Crippen molar-refractivity contribution in [1.82, 2.24) is 9.88 Å². The van der Waals surface area contributed by atoms with Crippen molar-refractivity contribution < 1.29 is 19.4 Å². The molecule has 1 unspecified atom stereocenters. The predicted octanol–water partition coefficient (Wildman–Crippen LogP) is 2.69. The maximum atomic E-state index is 12.6. The van der Waals surface area contributed by atoms with Gasteiger partial charge in [0.1, 0.15) is 11.4 Å². The molecule has 0 saturated carbocycles. The van der Waals surface area contributed by atoms with Crippen LogP contribution in [0.1, 0.15) is 34.3 Å². The van der Waals surface area contributed by atoms with Gasteiger partial charge in [-0.3, -0.25) is 9.78 Å². The second-order valence-electron chi connectivity index (χ2n) is 7.47. The normalized spacial score (nSPS) is 21.1. The number of hydrogen-bond acceptors (Lipinski definition) is 5. The molecule has 2 aromatic rings. The molecule has 6 nitrogen and oxygen atoms in total. The van der Waals surface area contributed by atoms with E-state index in [4.69, 9.17) is 9.47 Å². The molecule has 0 radical (unpaired) electrons. The minimum absolute atomic E-state index is 0.0749. The van der Waals surface area contributed by atoms with Crippen LogP contribution in [-0.2, 0) is 16.1 Å². The number of aromatic nitrogens is 1. The fourth-order valence-electron chi connectivity index (χ4n) is 3.82. The lowest BCUT2D eigenvalue weighted by Gasteiger charge is -2.53. The average Bonchev–Trinajstić information content (AvgIpc) is 2.65. The van der Waals surface area contributed by atoms with Gasteiger partial charge in [0.05, 0.1) is 25.8 Å². The van der Waals surface area contributed by atoms with Crippen LogP contribution in [0.2, 0.25) is 0 Å². The SMILES string of the molecule is Cc1ccncc1COC1CCOC2(C1)CN(C(=O)c1cccc(O)c1)C2. The predicted molar refractivity (Wildman–Crippen MR) is 99.5 cm³/mol. The largest absolute Gasteiger partial charge is 0.508 e. The zero-order valence-electron chi connectivity index (χ0n) is 15.4. The molecular formula is C21H24N2O4. The van der Waals surface area contributed by atoms with E-state index in [0.29, 0.717) is 31.9 Å². The number of nitrogens with zero attached hydrogens (tertiary/aromatic N) is 2. The molecule has 1 aromatic carbocycles. The maximum absolute atomic E-state index is 12.6. The molecule has 2 aliphatic rings. The molecule has 27 heavy (non-hydrogen) atoms. The third kappa shape index (κ3) is 3.82. The van der Waals surface area contributed by atoms with Crippen LogP contribution >= 0.6 is 0 Å². The van der Waals surface area contributed by atoms with Crippen molar-refractivity contribution in [1.29, 1.82) is 0 Å². The minimum atomic E-state index is -0.306. The second-order valence-corrected chi connectivity index (χ2v) is 7.47. The van der Waals surface area contributed by atoms with Crippen LogP contribution in [0.5, 0.6) is 5.75 Å². The molecule has 6 heteroatoms. The summed E-state index contributed by atoms with van der Waals surface area (Å²) in [4.78, 5) is 18.5. The van der Waals surface area contributed by atoms with E-state index in [1.165, 1.54) is 11.6 Å². The molecule has 142 valence electrons. The number of aromatic hydroxyl groups is 1. The molecule has 1 atom stereocenters. The number of likely N-dealkylation sites (tertiary alicyclic amines) is 1. The van der Waals surface area contributed by atoms with E-state index in [1.54, 1.807) is 29.3 Å². The van der Waals surface area contributed by atoms with Gasteiger partial charge >= 0.3 is 0 Å². The smallest absolute Gasteiger partial charge is 0.254 e. The van der Waals surface area contributed by atoms with E-state index in [2.05, 4.69) is 11.9 Å². The van der Waals surface area contributed by atoms with Crippen LogP contribution in [0.3, 0.4) is 0 Å². The van der Waals surface area contributed by atoms with Crippen molar-refractivity contribution in [2.75, 3.05) is 19.7 Å². The van der Waals surface area contributed by atoms with Crippen LogP contribution in [0.15, 0.2) is 42.7 Å². The first-order valence-electron chi connectivity index (χ1n) is 9.28. The number of carbonyl (C=O) groups is 1. The molecular weight excluding hydrogens is 344 g/mol. The number of pyridine rings is 1. The Hall–Kier alpha value is -2.44. The third-order valence-corrected chi connectivity index (χ3v) is 5.41. The number of ether oxygens (including phenoxy) is 2. The van der Waals surface area contributed by atoms with Gasteiger partial charge < -0.3 is 19.5 Å². The number of phenols is 1. The Morgan fingerprint density at radius 1 is 1.41 bits per heavy atom. The highest BCUT2D eigenvalue weighted by molar-refractivity contribution is 5.95. The van der Waals surface area contributed by atoms with Crippen molar-refractivity contribution in [3.05, 3.63) is 59.4 Å². The van der Waals surface area contributed by atoms with Gasteiger partial charge in [-0.25, -0.2) is 0 Å². The van der Waals surface area contributed by atoms with Crippen LogP contribution in [0.25, 0.3) is 0 Å². The third-order valence-electron chi connectivity index (χ3n) is 5.41. The van der Waals surface area contributed by atoms with Gasteiger partial charge in [-0.05, 0) is 48.7 Å². The zero-order valence-corrected chi connectivity index (χ0v) is 15.4. The number of rotatable bonds is 4. The summed E-state index contributed by atoms with van der Waals surface area (Å²) in [7, 11) is 0. The molecule has 2 saturated heterocycles. The summed E-state index contributed by atoms with van der Waals surface area (Å²) in [5.74, 6) is 0.0262. The molecule has 1 N–H and O–H groups in total. The Kier molecular flexibility index (Phi) is 4.85. The first kappa shape index (κ1) is 17.9. The summed E-state index contributed by atoms with van der Waals surface area (Å²) in [6.45, 7) is 4.38. The molecule has 2 fully saturated rings. The Balaban J connectivity index is 1.33. The van der Waals surface area contributed by atoms with Gasteiger partial charge in [0.2, 0.25) is 0 Å².